The van der Waals surface area contributed by atoms with Gasteiger partial charge in [-0.15, -0.1) is 0 Å². The highest BCUT2D eigenvalue weighted by molar-refractivity contribution is 6.35. The summed E-state index contributed by atoms with van der Waals surface area (Å²) in [6.07, 6.45) is 1.78. The quantitative estimate of drug-likeness (QED) is 0.260. The number of hydrogen-bond acceptors (Lipinski definition) is 6. The second-order valence-corrected chi connectivity index (χ2v) is 3.11. The summed E-state index contributed by atoms with van der Waals surface area (Å²) in [5, 5.41) is 28.2. The fourth-order valence-corrected chi connectivity index (χ4v) is 1.02. The average Bonchev–Trinajstić information content (AvgIpc) is 2.41. The van der Waals surface area contributed by atoms with Gasteiger partial charge in [-0.3, -0.25) is 14.4 Å². The molecule has 0 atom stereocenters. The molecular weight excluding hydrogens is 240 g/mol. The minimum absolute atomic E-state index is 0.539. The van der Waals surface area contributed by atoms with Crippen LogP contribution in [0.3, 0.4) is 0 Å². The molecule has 0 fully saturated rings. The van der Waals surface area contributed by atoms with Crippen LogP contribution >= 0.6 is 0 Å². The molecule has 0 aromatic heterocycles. The van der Waals surface area contributed by atoms with Crippen molar-refractivity contribution in [1.82, 2.24) is 0 Å². The van der Waals surface area contributed by atoms with Gasteiger partial charge in [-0.25, -0.2) is 0 Å². The lowest BCUT2D eigenvalue weighted by Crippen LogP contribution is -2.53. The summed E-state index contributed by atoms with van der Waals surface area (Å²) in [6.45, 7) is 9.11. The van der Waals surface area contributed by atoms with Gasteiger partial charge in [-0.2, -0.15) is 0 Å². The van der Waals surface area contributed by atoms with Crippen LogP contribution in [0.1, 0.15) is 0 Å². The molecular formula is C12H12O6. The molecule has 0 unspecified atom stereocenters. The predicted molar refractivity (Wildman–Crippen MR) is 62.8 cm³/mol. The van der Waals surface area contributed by atoms with Crippen LogP contribution in [0.25, 0.3) is 0 Å². The van der Waals surface area contributed by atoms with E-state index < -0.39 is 34.5 Å². The van der Waals surface area contributed by atoms with Crippen LogP contribution in [0.4, 0.5) is 0 Å². The summed E-state index contributed by atoms with van der Waals surface area (Å²) in [5.41, 5.74) is -3.19. The normalized spacial score (nSPS) is 12.1. The van der Waals surface area contributed by atoms with E-state index in [0.29, 0.717) is 18.2 Å². The summed E-state index contributed by atoms with van der Waals surface area (Å²) >= 11 is 0. The van der Waals surface area contributed by atoms with Crippen LogP contribution in [0.15, 0.2) is 49.5 Å². The van der Waals surface area contributed by atoms with E-state index in [4.69, 9.17) is 5.11 Å². The fraction of sp³-hybridized carbons (Fsp3) is 0.0833. The van der Waals surface area contributed by atoms with Gasteiger partial charge >= 0.3 is 0 Å². The number of allylic oxidation sites excluding steroid dienone is 1. The van der Waals surface area contributed by atoms with Crippen molar-refractivity contribution in [2.75, 3.05) is 0 Å². The van der Waals surface area contributed by atoms with Crippen LogP contribution in [0.2, 0.25) is 0 Å². The van der Waals surface area contributed by atoms with E-state index >= 15 is 0 Å². The molecule has 3 N–H and O–H groups in total. The van der Waals surface area contributed by atoms with Crippen LogP contribution in [-0.4, -0.2) is 38.3 Å². The molecule has 0 aliphatic heterocycles. The largest absolute Gasteiger partial charge is 0.504 e. The summed E-state index contributed by atoms with van der Waals surface area (Å²) < 4.78 is 0. The Balaban J connectivity index is 5.93. The van der Waals surface area contributed by atoms with Crippen molar-refractivity contribution < 1.29 is 29.7 Å². The lowest BCUT2D eigenvalue weighted by molar-refractivity contribution is -0.154. The van der Waals surface area contributed by atoms with Crippen LogP contribution in [-0.2, 0) is 14.4 Å². The predicted octanol–water partition coefficient (Wildman–Crippen LogP) is 0.310. The van der Waals surface area contributed by atoms with Gasteiger partial charge in [0.1, 0.15) is 0 Å². The van der Waals surface area contributed by atoms with E-state index in [1.807, 2.05) is 0 Å². The highest BCUT2D eigenvalue weighted by Gasteiger charge is 2.50. The first-order valence-corrected chi connectivity index (χ1v) is 4.62. The summed E-state index contributed by atoms with van der Waals surface area (Å²) in [6, 6.07) is 0. The Morgan fingerprint density at radius 1 is 0.889 bits per heavy atom. The molecule has 0 aliphatic rings. The van der Waals surface area contributed by atoms with Crippen molar-refractivity contribution in [2.45, 2.75) is 5.60 Å². The summed E-state index contributed by atoms with van der Waals surface area (Å²) in [4.78, 5) is 34.4. The zero-order chi connectivity index (χ0) is 14.5. The number of rotatable bonds is 7. The summed E-state index contributed by atoms with van der Waals surface area (Å²) in [5.74, 6) is -6.72. The maximum Gasteiger partial charge on any atom is 0.256 e. The lowest BCUT2D eigenvalue weighted by atomic mass is 9.87. The third-order valence-electron chi connectivity index (χ3n) is 2.06. The smallest absolute Gasteiger partial charge is 0.256 e. The number of carbonyl (C=O) groups excluding carboxylic acids is 3. The van der Waals surface area contributed by atoms with Gasteiger partial charge < -0.3 is 15.3 Å². The zero-order valence-corrected chi connectivity index (χ0v) is 9.42. The van der Waals surface area contributed by atoms with Gasteiger partial charge in [0.25, 0.3) is 5.60 Å². The van der Waals surface area contributed by atoms with Crippen molar-refractivity contribution in [1.29, 1.82) is 0 Å². The van der Waals surface area contributed by atoms with Crippen LogP contribution < -0.4 is 0 Å². The molecule has 0 aliphatic carbocycles. The van der Waals surface area contributed by atoms with E-state index in [-0.39, 0.29) is 0 Å². The third kappa shape index (κ3) is 2.44. The first-order valence-electron chi connectivity index (χ1n) is 4.62. The van der Waals surface area contributed by atoms with Crippen molar-refractivity contribution in [3.05, 3.63) is 49.5 Å². The SMILES string of the molecule is C=CC(=O)C(O)(C(=O)C=C)C(=O)C(O)=C(O)C=C. The van der Waals surface area contributed by atoms with Gasteiger partial charge in [-0.05, 0) is 18.2 Å². The van der Waals surface area contributed by atoms with E-state index in [1.165, 1.54) is 0 Å². The van der Waals surface area contributed by atoms with E-state index in [2.05, 4.69) is 19.7 Å². The Morgan fingerprint density at radius 3 is 1.56 bits per heavy atom. The van der Waals surface area contributed by atoms with Crippen molar-refractivity contribution in [3.63, 3.8) is 0 Å². The highest BCUT2D eigenvalue weighted by atomic mass is 16.3. The Bertz CT molecular complexity index is 449. The molecule has 0 spiro atoms. The Morgan fingerprint density at radius 2 is 1.28 bits per heavy atom. The standard InChI is InChI=1S/C12H12O6/c1-4-7(13)10(16)11(17)12(18,8(14)5-2)9(15)6-3/h4-6,13,16,18H,1-3H2. The molecule has 0 rings (SSSR count). The molecule has 0 bridgehead atoms. The minimum atomic E-state index is -3.19. The fourth-order valence-electron chi connectivity index (χ4n) is 1.02. The second-order valence-electron chi connectivity index (χ2n) is 3.11. The monoisotopic (exact) mass is 252 g/mol. The van der Waals surface area contributed by atoms with Gasteiger partial charge in [0.05, 0.1) is 0 Å². The molecule has 96 valence electrons. The third-order valence-corrected chi connectivity index (χ3v) is 2.06. The number of aliphatic hydroxyl groups is 3. The topological polar surface area (TPSA) is 112 Å². The minimum Gasteiger partial charge on any atom is -0.504 e. The molecule has 18 heavy (non-hydrogen) atoms. The highest BCUT2D eigenvalue weighted by Crippen LogP contribution is 2.17. The van der Waals surface area contributed by atoms with Gasteiger partial charge in [0.15, 0.2) is 5.76 Å². The molecule has 6 heteroatoms. The Labute approximate surface area is 103 Å². The molecule has 0 saturated carbocycles. The lowest BCUT2D eigenvalue weighted by Gasteiger charge is -2.20. The molecule has 0 aromatic rings. The van der Waals surface area contributed by atoms with Gasteiger partial charge in [0, 0.05) is 0 Å². The van der Waals surface area contributed by atoms with Crippen LogP contribution in [0, 0.1) is 0 Å². The van der Waals surface area contributed by atoms with Crippen molar-refractivity contribution in [2.24, 2.45) is 0 Å². The molecule has 0 aromatic carbocycles. The van der Waals surface area contributed by atoms with E-state index in [1.54, 1.807) is 0 Å². The molecule has 0 saturated heterocycles. The molecule has 6 nitrogen and oxygen atoms in total. The second kappa shape index (κ2) is 5.74. The number of hydrogen-bond donors (Lipinski definition) is 3. The van der Waals surface area contributed by atoms with Crippen LogP contribution in [0.5, 0.6) is 0 Å². The number of Topliss-reactive ketones (excluding diaryl/α,β-unsaturated/α-hetero) is 1. The molecule has 0 amide bonds. The Hall–Kier alpha value is -2.47. The first kappa shape index (κ1) is 15.5. The summed E-state index contributed by atoms with van der Waals surface area (Å²) in [7, 11) is 0. The number of carbonyl (C=O) groups is 3. The number of ketones is 3. The average molecular weight is 252 g/mol. The van der Waals surface area contributed by atoms with E-state index in [9.17, 15) is 24.6 Å². The number of aliphatic hydroxyl groups excluding tert-OH is 2. The zero-order valence-electron chi connectivity index (χ0n) is 9.42. The maximum absolute atomic E-state index is 11.7. The van der Waals surface area contributed by atoms with Crippen molar-refractivity contribution >= 4 is 17.3 Å². The molecule has 0 radical (unpaired) electrons. The first-order chi connectivity index (χ1) is 8.27. The van der Waals surface area contributed by atoms with Crippen molar-refractivity contribution in [3.8, 4) is 0 Å². The molecule has 0 heterocycles. The Kier molecular flexibility index (Phi) is 4.95. The maximum atomic E-state index is 11.7. The van der Waals surface area contributed by atoms with Gasteiger partial charge in [-0.1, -0.05) is 19.7 Å². The van der Waals surface area contributed by atoms with Gasteiger partial charge in [0.2, 0.25) is 23.1 Å². The van der Waals surface area contributed by atoms with E-state index in [0.717, 1.165) is 0 Å².